The number of benzene rings is 1. The number of nitrogens with zero attached hydrogens (tertiary/aromatic N) is 5. The fraction of sp³-hybridized carbons (Fsp3) is 0.267. The van der Waals surface area contributed by atoms with E-state index in [1.807, 2.05) is 28.8 Å². The average Bonchev–Trinajstić information content (AvgIpc) is 3.00. The molecule has 3 aromatic rings. The van der Waals surface area contributed by atoms with Crippen LogP contribution in [0.25, 0.3) is 16.9 Å². The smallest absolute Gasteiger partial charge is 0.161 e. The summed E-state index contributed by atoms with van der Waals surface area (Å²) in [5.41, 5.74) is 5.23. The van der Waals surface area contributed by atoms with Crippen LogP contribution in [0.15, 0.2) is 43.0 Å². The lowest BCUT2D eigenvalue weighted by molar-refractivity contribution is 0.0494. The molecule has 22 heavy (non-hydrogen) atoms. The second-order valence-electron chi connectivity index (χ2n) is 5.08. The van der Waals surface area contributed by atoms with E-state index in [1.165, 1.54) is 0 Å². The van der Waals surface area contributed by atoms with Gasteiger partial charge in [-0.3, -0.25) is 9.55 Å². The van der Waals surface area contributed by atoms with E-state index in [0.717, 1.165) is 49.0 Å². The number of hydrogen-bond acceptors (Lipinski definition) is 6. The number of rotatable bonds is 3. The Morgan fingerprint density at radius 2 is 1.95 bits per heavy atom. The fourth-order valence-corrected chi connectivity index (χ4v) is 2.50. The van der Waals surface area contributed by atoms with Crippen LogP contribution in [0.2, 0.25) is 0 Å². The Morgan fingerprint density at radius 3 is 2.86 bits per heavy atom. The lowest BCUT2D eigenvalue weighted by Gasteiger charge is -2.27. The SMILES string of the molecule is c1ccc2c(c1)ncn2-c1cncc(NN2CCOCC2)n1. The minimum absolute atomic E-state index is 0.720. The minimum atomic E-state index is 0.720. The molecule has 0 radical (unpaired) electrons. The monoisotopic (exact) mass is 296 g/mol. The number of nitrogens with one attached hydrogen (secondary N) is 1. The lowest BCUT2D eigenvalue weighted by Crippen LogP contribution is -2.40. The van der Waals surface area contributed by atoms with Gasteiger partial charge >= 0.3 is 0 Å². The summed E-state index contributed by atoms with van der Waals surface area (Å²) in [5, 5.41) is 2.09. The van der Waals surface area contributed by atoms with Crippen molar-refractivity contribution in [1.29, 1.82) is 0 Å². The second kappa shape index (κ2) is 5.70. The van der Waals surface area contributed by atoms with E-state index < -0.39 is 0 Å². The third-order valence-corrected chi connectivity index (χ3v) is 3.61. The number of aromatic nitrogens is 4. The molecule has 1 fully saturated rings. The highest BCUT2D eigenvalue weighted by Crippen LogP contribution is 2.17. The molecule has 0 spiro atoms. The number of ether oxygens (including phenoxy) is 1. The van der Waals surface area contributed by atoms with Gasteiger partial charge in [-0.15, -0.1) is 0 Å². The molecule has 3 heterocycles. The largest absolute Gasteiger partial charge is 0.379 e. The molecule has 0 amide bonds. The Labute approximate surface area is 127 Å². The Bertz CT molecular complexity index is 780. The van der Waals surface area contributed by atoms with Crippen LogP contribution in [0.4, 0.5) is 5.82 Å². The molecular formula is C15H16N6O. The first-order chi connectivity index (χ1) is 10.9. The average molecular weight is 296 g/mol. The van der Waals surface area contributed by atoms with Crippen molar-refractivity contribution in [1.82, 2.24) is 24.5 Å². The van der Waals surface area contributed by atoms with Gasteiger partial charge in [-0.2, -0.15) is 0 Å². The van der Waals surface area contributed by atoms with Gasteiger partial charge in [-0.25, -0.2) is 15.0 Å². The van der Waals surface area contributed by atoms with E-state index in [4.69, 9.17) is 4.74 Å². The predicted molar refractivity (Wildman–Crippen MR) is 82.7 cm³/mol. The molecule has 0 aliphatic carbocycles. The van der Waals surface area contributed by atoms with Crippen molar-refractivity contribution in [3.05, 3.63) is 43.0 Å². The van der Waals surface area contributed by atoms with Crippen LogP contribution in [0.1, 0.15) is 0 Å². The van der Waals surface area contributed by atoms with E-state index in [-0.39, 0.29) is 0 Å². The quantitative estimate of drug-likeness (QED) is 0.789. The summed E-state index contributed by atoms with van der Waals surface area (Å²) in [4.78, 5) is 13.3. The van der Waals surface area contributed by atoms with Gasteiger partial charge < -0.3 is 10.2 Å². The van der Waals surface area contributed by atoms with E-state index >= 15 is 0 Å². The molecule has 4 rings (SSSR count). The van der Waals surface area contributed by atoms with Crippen LogP contribution in [0.3, 0.4) is 0 Å². The summed E-state index contributed by atoms with van der Waals surface area (Å²) in [7, 11) is 0. The Hall–Kier alpha value is -2.51. The number of fused-ring (bicyclic) bond motifs is 1. The molecule has 0 atom stereocenters. The Kier molecular flexibility index (Phi) is 3.42. The first-order valence-corrected chi connectivity index (χ1v) is 7.24. The molecule has 2 aromatic heterocycles. The number of anilines is 1. The second-order valence-corrected chi connectivity index (χ2v) is 5.08. The summed E-state index contributed by atoms with van der Waals surface area (Å²) < 4.78 is 7.28. The maximum Gasteiger partial charge on any atom is 0.161 e. The van der Waals surface area contributed by atoms with E-state index in [1.54, 1.807) is 18.7 Å². The Balaban J connectivity index is 1.63. The van der Waals surface area contributed by atoms with E-state index in [2.05, 4.69) is 25.4 Å². The van der Waals surface area contributed by atoms with Gasteiger partial charge in [0.2, 0.25) is 0 Å². The van der Waals surface area contributed by atoms with Crippen molar-refractivity contribution >= 4 is 16.9 Å². The predicted octanol–water partition coefficient (Wildman–Crippen LogP) is 1.47. The molecule has 7 heteroatoms. The van der Waals surface area contributed by atoms with Gasteiger partial charge in [0.1, 0.15) is 6.33 Å². The molecule has 0 saturated carbocycles. The normalized spacial score (nSPS) is 16.0. The summed E-state index contributed by atoms with van der Waals surface area (Å²) in [5.74, 6) is 1.46. The van der Waals surface area contributed by atoms with E-state index in [0.29, 0.717) is 0 Å². The first-order valence-electron chi connectivity index (χ1n) is 7.24. The van der Waals surface area contributed by atoms with Crippen molar-refractivity contribution in [3.8, 4) is 5.82 Å². The highest BCUT2D eigenvalue weighted by Gasteiger charge is 2.12. The van der Waals surface area contributed by atoms with Crippen LogP contribution in [-0.2, 0) is 4.74 Å². The number of hydrazine groups is 1. The van der Waals surface area contributed by atoms with Crippen molar-refractivity contribution in [2.24, 2.45) is 0 Å². The summed E-state index contributed by atoms with van der Waals surface area (Å²) in [6.07, 6.45) is 5.23. The summed E-state index contributed by atoms with van der Waals surface area (Å²) in [6.45, 7) is 3.12. The zero-order valence-corrected chi connectivity index (χ0v) is 12.0. The van der Waals surface area contributed by atoms with Crippen LogP contribution < -0.4 is 5.43 Å². The van der Waals surface area contributed by atoms with Gasteiger partial charge in [-0.1, -0.05) is 12.1 Å². The van der Waals surface area contributed by atoms with Gasteiger partial charge in [-0.05, 0) is 12.1 Å². The van der Waals surface area contributed by atoms with Crippen molar-refractivity contribution in [2.45, 2.75) is 0 Å². The topological polar surface area (TPSA) is 68.1 Å². The molecule has 1 aromatic carbocycles. The standard InChI is InChI=1S/C15H16N6O/c1-2-4-13-12(3-1)17-11-21(13)15-10-16-9-14(18-15)19-20-5-7-22-8-6-20/h1-4,9-11H,5-8H2,(H,18,19). The van der Waals surface area contributed by atoms with Gasteiger partial charge in [0.05, 0.1) is 36.6 Å². The maximum absolute atomic E-state index is 5.34. The van der Waals surface area contributed by atoms with Crippen LogP contribution in [0, 0.1) is 0 Å². The fourth-order valence-electron chi connectivity index (χ4n) is 2.50. The zero-order chi connectivity index (χ0) is 14.8. The molecule has 1 saturated heterocycles. The highest BCUT2D eigenvalue weighted by molar-refractivity contribution is 5.76. The highest BCUT2D eigenvalue weighted by atomic mass is 16.5. The first kappa shape index (κ1) is 13.2. The molecule has 1 aliphatic rings. The van der Waals surface area contributed by atoms with E-state index in [9.17, 15) is 0 Å². The maximum atomic E-state index is 5.34. The van der Waals surface area contributed by atoms with Crippen LogP contribution in [0.5, 0.6) is 0 Å². The van der Waals surface area contributed by atoms with Crippen LogP contribution in [-0.4, -0.2) is 50.8 Å². The number of morpholine rings is 1. The summed E-state index contributed by atoms with van der Waals surface area (Å²) >= 11 is 0. The molecule has 7 nitrogen and oxygen atoms in total. The Morgan fingerprint density at radius 1 is 1.09 bits per heavy atom. The van der Waals surface area contributed by atoms with Gasteiger partial charge in [0.25, 0.3) is 0 Å². The molecule has 1 N–H and O–H groups in total. The molecule has 0 bridgehead atoms. The van der Waals surface area contributed by atoms with Crippen molar-refractivity contribution < 1.29 is 4.74 Å². The molecule has 0 unspecified atom stereocenters. The van der Waals surface area contributed by atoms with Gasteiger partial charge in [0, 0.05) is 13.1 Å². The lowest BCUT2D eigenvalue weighted by atomic mass is 10.3. The minimum Gasteiger partial charge on any atom is -0.379 e. The molecular weight excluding hydrogens is 280 g/mol. The third-order valence-electron chi connectivity index (χ3n) is 3.61. The van der Waals surface area contributed by atoms with Crippen molar-refractivity contribution in [3.63, 3.8) is 0 Å². The molecule has 112 valence electrons. The molecule has 1 aliphatic heterocycles. The van der Waals surface area contributed by atoms with Crippen LogP contribution >= 0.6 is 0 Å². The number of imidazole rings is 1. The van der Waals surface area contributed by atoms with Gasteiger partial charge in [0.15, 0.2) is 11.6 Å². The van der Waals surface area contributed by atoms with Crippen molar-refractivity contribution in [2.75, 3.05) is 31.7 Å². The summed E-state index contributed by atoms with van der Waals surface area (Å²) in [6, 6.07) is 7.96. The third kappa shape index (κ3) is 2.51. The number of hydrogen-bond donors (Lipinski definition) is 1. The number of para-hydroxylation sites is 2. The zero-order valence-electron chi connectivity index (χ0n) is 12.0.